The maximum Gasteiger partial charge on any atom is 0.215 e. The van der Waals surface area contributed by atoms with E-state index in [0.29, 0.717) is 17.8 Å². The monoisotopic (exact) mass is 324 g/mol. The third-order valence-corrected chi connectivity index (χ3v) is 5.76. The summed E-state index contributed by atoms with van der Waals surface area (Å²) in [6, 6.07) is 10.9. The number of nitrogen functional groups attached to an aromatic ring is 1. The molecule has 1 aromatic carbocycles. The predicted octanol–water partition coefficient (Wildman–Crippen LogP) is 2.73. The summed E-state index contributed by atoms with van der Waals surface area (Å²) in [5, 5.41) is 2.00. The summed E-state index contributed by atoms with van der Waals surface area (Å²) < 4.78 is 27.1. The van der Waals surface area contributed by atoms with Gasteiger partial charge < -0.3 is 5.73 Å². The van der Waals surface area contributed by atoms with Gasteiger partial charge in [-0.3, -0.25) is 0 Å². The van der Waals surface area contributed by atoms with Gasteiger partial charge >= 0.3 is 0 Å². The number of sulfonamides is 1. The van der Waals surface area contributed by atoms with Crippen LogP contribution < -0.4 is 10.5 Å². The SMILES string of the molecule is CC(C)(CNS(=O)(=O)Cc1cccc(N)c1)c1cccs1. The minimum atomic E-state index is -3.38. The summed E-state index contributed by atoms with van der Waals surface area (Å²) in [7, 11) is -3.38. The van der Waals surface area contributed by atoms with Gasteiger partial charge in [0, 0.05) is 22.5 Å². The van der Waals surface area contributed by atoms with Gasteiger partial charge in [0.2, 0.25) is 10.0 Å². The van der Waals surface area contributed by atoms with Crippen LogP contribution in [0.5, 0.6) is 0 Å². The smallest absolute Gasteiger partial charge is 0.215 e. The Morgan fingerprint density at radius 2 is 2.00 bits per heavy atom. The Balaban J connectivity index is 2.02. The highest BCUT2D eigenvalue weighted by Gasteiger charge is 2.24. The van der Waals surface area contributed by atoms with Crippen molar-refractivity contribution in [3.05, 3.63) is 52.2 Å². The van der Waals surface area contributed by atoms with Crippen LogP contribution in [0.4, 0.5) is 5.69 Å². The Morgan fingerprint density at radius 1 is 1.24 bits per heavy atom. The predicted molar refractivity (Wildman–Crippen MR) is 88.8 cm³/mol. The lowest BCUT2D eigenvalue weighted by molar-refractivity contribution is 0.509. The first kappa shape index (κ1) is 16.0. The molecule has 114 valence electrons. The molecule has 0 aliphatic rings. The van der Waals surface area contributed by atoms with Crippen molar-refractivity contribution in [3.63, 3.8) is 0 Å². The maximum absolute atomic E-state index is 12.2. The summed E-state index contributed by atoms with van der Waals surface area (Å²) in [5.74, 6) is -0.0570. The Kier molecular flexibility index (Phi) is 4.70. The molecule has 0 spiro atoms. The molecule has 0 aliphatic carbocycles. The molecular weight excluding hydrogens is 304 g/mol. The molecule has 6 heteroatoms. The molecule has 0 saturated carbocycles. The maximum atomic E-state index is 12.2. The lowest BCUT2D eigenvalue weighted by Gasteiger charge is -2.23. The van der Waals surface area contributed by atoms with Crippen molar-refractivity contribution in [3.8, 4) is 0 Å². The Bertz CT molecular complexity index is 692. The number of thiophene rings is 1. The van der Waals surface area contributed by atoms with Crippen LogP contribution >= 0.6 is 11.3 Å². The van der Waals surface area contributed by atoms with Crippen LogP contribution in [0.3, 0.4) is 0 Å². The second kappa shape index (κ2) is 6.17. The molecule has 0 atom stereocenters. The van der Waals surface area contributed by atoms with Crippen LogP contribution in [0.15, 0.2) is 41.8 Å². The summed E-state index contributed by atoms with van der Waals surface area (Å²) >= 11 is 1.64. The van der Waals surface area contributed by atoms with Crippen molar-refractivity contribution in [2.24, 2.45) is 0 Å². The van der Waals surface area contributed by atoms with Crippen LogP contribution in [0.25, 0.3) is 0 Å². The van der Waals surface area contributed by atoms with Gasteiger partial charge in [-0.1, -0.05) is 32.0 Å². The first-order valence-corrected chi connectivity index (χ1v) is 9.17. The molecule has 0 fully saturated rings. The van der Waals surface area contributed by atoms with E-state index >= 15 is 0 Å². The number of anilines is 1. The largest absolute Gasteiger partial charge is 0.399 e. The van der Waals surface area contributed by atoms with Crippen molar-refractivity contribution in [1.29, 1.82) is 0 Å². The minimum Gasteiger partial charge on any atom is -0.399 e. The first-order chi connectivity index (χ1) is 9.78. The lowest BCUT2D eigenvalue weighted by Crippen LogP contribution is -2.36. The molecule has 2 aromatic rings. The van der Waals surface area contributed by atoms with E-state index in [1.165, 1.54) is 0 Å². The standard InChI is InChI=1S/C15H20N2O2S2/c1-15(2,14-7-4-8-20-14)11-17-21(18,19)10-12-5-3-6-13(16)9-12/h3-9,17H,10-11,16H2,1-2H3. The van der Waals surface area contributed by atoms with E-state index in [1.807, 2.05) is 31.4 Å². The molecule has 21 heavy (non-hydrogen) atoms. The van der Waals surface area contributed by atoms with E-state index in [4.69, 9.17) is 5.73 Å². The molecule has 0 unspecified atom stereocenters. The zero-order valence-corrected chi connectivity index (χ0v) is 13.8. The summed E-state index contributed by atoms with van der Waals surface area (Å²) in [5.41, 5.74) is 6.71. The highest BCUT2D eigenvalue weighted by molar-refractivity contribution is 7.88. The molecule has 3 N–H and O–H groups in total. The van der Waals surface area contributed by atoms with Crippen LogP contribution in [-0.2, 0) is 21.2 Å². The summed E-state index contributed by atoms with van der Waals surface area (Å²) in [6.45, 7) is 4.43. The fourth-order valence-electron chi connectivity index (χ4n) is 1.99. The third kappa shape index (κ3) is 4.56. The molecule has 0 radical (unpaired) electrons. The lowest BCUT2D eigenvalue weighted by atomic mass is 9.92. The van der Waals surface area contributed by atoms with Gasteiger partial charge in [-0.25, -0.2) is 13.1 Å². The number of rotatable bonds is 6. The number of hydrogen-bond acceptors (Lipinski definition) is 4. The van der Waals surface area contributed by atoms with E-state index in [2.05, 4.69) is 4.72 Å². The van der Waals surface area contributed by atoms with Gasteiger partial charge in [0.25, 0.3) is 0 Å². The fourth-order valence-corrected chi connectivity index (χ4v) is 4.15. The molecule has 1 aromatic heterocycles. The average molecular weight is 324 g/mol. The van der Waals surface area contributed by atoms with Crippen LogP contribution in [0.2, 0.25) is 0 Å². The minimum absolute atomic E-state index is 0.0570. The van der Waals surface area contributed by atoms with Crippen LogP contribution in [0, 0.1) is 0 Å². The molecule has 2 rings (SSSR count). The van der Waals surface area contributed by atoms with Gasteiger partial charge in [0.05, 0.1) is 5.75 Å². The van der Waals surface area contributed by atoms with Crippen molar-refractivity contribution in [2.75, 3.05) is 12.3 Å². The van der Waals surface area contributed by atoms with Crippen molar-refractivity contribution in [2.45, 2.75) is 25.0 Å². The highest BCUT2D eigenvalue weighted by Crippen LogP contribution is 2.26. The summed E-state index contributed by atoms with van der Waals surface area (Å²) in [6.07, 6.45) is 0. The second-order valence-corrected chi connectivity index (χ2v) is 8.44. The van der Waals surface area contributed by atoms with Gasteiger partial charge in [-0.2, -0.15) is 0 Å². The Morgan fingerprint density at radius 3 is 2.62 bits per heavy atom. The number of benzene rings is 1. The van der Waals surface area contributed by atoms with Gasteiger partial charge in [-0.15, -0.1) is 11.3 Å². The van der Waals surface area contributed by atoms with Gasteiger partial charge in [-0.05, 0) is 29.1 Å². The van der Waals surface area contributed by atoms with Crippen molar-refractivity contribution >= 4 is 27.0 Å². The quantitative estimate of drug-likeness (QED) is 0.803. The Labute approximate surface area is 130 Å². The fraction of sp³-hybridized carbons (Fsp3) is 0.333. The molecule has 1 heterocycles. The zero-order chi connectivity index (χ0) is 15.5. The molecular formula is C15H20N2O2S2. The third-order valence-electron chi connectivity index (χ3n) is 3.23. The molecule has 0 aliphatic heterocycles. The van der Waals surface area contributed by atoms with E-state index in [0.717, 1.165) is 4.88 Å². The first-order valence-electron chi connectivity index (χ1n) is 6.64. The van der Waals surface area contributed by atoms with Gasteiger partial charge in [0.15, 0.2) is 0 Å². The van der Waals surface area contributed by atoms with Gasteiger partial charge in [0.1, 0.15) is 0 Å². The number of nitrogens with one attached hydrogen (secondary N) is 1. The van der Waals surface area contributed by atoms with E-state index in [-0.39, 0.29) is 11.2 Å². The molecule has 4 nitrogen and oxygen atoms in total. The highest BCUT2D eigenvalue weighted by atomic mass is 32.2. The summed E-state index contributed by atoms with van der Waals surface area (Å²) in [4.78, 5) is 1.16. The number of hydrogen-bond donors (Lipinski definition) is 2. The Hall–Kier alpha value is -1.37. The average Bonchev–Trinajstić information content (AvgIpc) is 2.91. The van der Waals surface area contributed by atoms with Crippen molar-refractivity contribution < 1.29 is 8.42 Å². The second-order valence-electron chi connectivity index (χ2n) is 5.69. The van der Waals surface area contributed by atoms with Crippen LogP contribution in [-0.4, -0.2) is 15.0 Å². The topological polar surface area (TPSA) is 72.2 Å². The van der Waals surface area contributed by atoms with E-state index < -0.39 is 10.0 Å². The normalized spacial score (nSPS) is 12.5. The molecule has 0 amide bonds. The van der Waals surface area contributed by atoms with Crippen molar-refractivity contribution in [1.82, 2.24) is 4.72 Å². The molecule has 0 saturated heterocycles. The zero-order valence-electron chi connectivity index (χ0n) is 12.2. The van der Waals surface area contributed by atoms with Crippen LogP contribution in [0.1, 0.15) is 24.3 Å². The molecule has 0 bridgehead atoms. The number of nitrogens with two attached hydrogens (primary N) is 1. The van der Waals surface area contributed by atoms with E-state index in [9.17, 15) is 8.42 Å². The van der Waals surface area contributed by atoms with E-state index in [1.54, 1.807) is 35.6 Å².